The Kier molecular flexibility index (Phi) is 6.93. The highest BCUT2D eigenvalue weighted by atomic mass is 79.9. The number of hydrogen-bond donors (Lipinski definition) is 0. The first-order valence-corrected chi connectivity index (χ1v) is 8.56. The molecule has 124 valence electrons. The largest absolute Gasteiger partial charge is 0.493 e. The lowest BCUT2D eigenvalue weighted by Gasteiger charge is -2.13. The van der Waals surface area contributed by atoms with Crippen LogP contribution in [0.25, 0.3) is 0 Å². The lowest BCUT2D eigenvalue weighted by atomic mass is 10.1. The van der Waals surface area contributed by atoms with Gasteiger partial charge in [0, 0.05) is 4.47 Å². The summed E-state index contributed by atoms with van der Waals surface area (Å²) in [6, 6.07) is 14.3. The molecule has 0 N–H and O–H groups in total. The van der Waals surface area contributed by atoms with Crippen molar-refractivity contribution < 1.29 is 9.47 Å². The van der Waals surface area contributed by atoms with Crippen molar-refractivity contribution in [2.24, 2.45) is 0 Å². The highest BCUT2D eigenvalue weighted by Gasteiger charge is 2.07. The molecular formula is C19H24BrNO2. The predicted octanol–water partition coefficient (Wildman–Crippen LogP) is 4.53. The van der Waals surface area contributed by atoms with Crippen LogP contribution in [0.2, 0.25) is 0 Å². The molecule has 0 radical (unpaired) electrons. The molecule has 0 saturated carbocycles. The van der Waals surface area contributed by atoms with Crippen LogP contribution in [0.5, 0.6) is 11.5 Å². The highest BCUT2D eigenvalue weighted by Crippen LogP contribution is 2.29. The standard InChI is InChI=1S/C19H24BrNO2/c1-21(2)11-5-7-15-9-10-18(19(13-15)22-3)23-14-16-6-4-8-17(20)12-16/h4,6,8-10,12-13H,5,7,11,14H2,1-3H3. The maximum Gasteiger partial charge on any atom is 0.161 e. The molecular weight excluding hydrogens is 354 g/mol. The Hall–Kier alpha value is -1.52. The Morgan fingerprint density at radius 3 is 2.52 bits per heavy atom. The SMILES string of the molecule is COc1cc(CCCN(C)C)ccc1OCc1cccc(Br)c1. The first-order chi connectivity index (χ1) is 11.1. The first-order valence-electron chi connectivity index (χ1n) is 7.77. The summed E-state index contributed by atoms with van der Waals surface area (Å²) in [5.41, 5.74) is 2.40. The molecule has 0 bridgehead atoms. The topological polar surface area (TPSA) is 21.7 Å². The third-order valence-electron chi connectivity index (χ3n) is 3.58. The molecule has 0 amide bonds. The van der Waals surface area contributed by atoms with E-state index in [4.69, 9.17) is 9.47 Å². The Morgan fingerprint density at radius 1 is 1.00 bits per heavy atom. The van der Waals surface area contributed by atoms with Crippen molar-refractivity contribution in [2.45, 2.75) is 19.4 Å². The molecule has 0 spiro atoms. The second kappa shape index (κ2) is 8.94. The molecule has 2 aromatic carbocycles. The van der Waals surface area contributed by atoms with Crippen LogP contribution in [0.3, 0.4) is 0 Å². The second-order valence-corrected chi connectivity index (χ2v) is 6.73. The minimum absolute atomic E-state index is 0.524. The summed E-state index contributed by atoms with van der Waals surface area (Å²) < 4.78 is 12.5. The van der Waals surface area contributed by atoms with E-state index in [-0.39, 0.29) is 0 Å². The van der Waals surface area contributed by atoms with Gasteiger partial charge in [-0.3, -0.25) is 0 Å². The van der Waals surface area contributed by atoms with E-state index < -0.39 is 0 Å². The first kappa shape index (κ1) is 17.8. The van der Waals surface area contributed by atoms with Crippen LogP contribution >= 0.6 is 15.9 Å². The van der Waals surface area contributed by atoms with E-state index in [1.165, 1.54) is 5.56 Å². The zero-order valence-corrected chi connectivity index (χ0v) is 15.6. The zero-order chi connectivity index (χ0) is 16.7. The third kappa shape index (κ3) is 5.88. The Morgan fingerprint density at radius 2 is 1.83 bits per heavy atom. The summed E-state index contributed by atoms with van der Waals surface area (Å²) in [5.74, 6) is 1.58. The molecule has 2 aromatic rings. The average Bonchev–Trinajstić information content (AvgIpc) is 2.53. The van der Waals surface area contributed by atoms with Crippen molar-refractivity contribution in [1.29, 1.82) is 0 Å². The number of aryl methyl sites for hydroxylation is 1. The van der Waals surface area contributed by atoms with Gasteiger partial charge in [0.05, 0.1) is 7.11 Å². The fraction of sp³-hybridized carbons (Fsp3) is 0.368. The van der Waals surface area contributed by atoms with Gasteiger partial charge in [-0.25, -0.2) is 0 Å². The summed E-state index contributed by atoms with van der Waals surface area (Å²) in [6.45, 7) is 1.61. The van der Waals surface area contributed by atoms with Crippen LogP contribution in [0.1, 0.15) is 17.5 Å². The third-order valence-corrected chi connectivity index (χ3v) is 4.08. The van der Waals surface area contributed by atoms with Gasteiger partial charge in [0.1, 0.15) is 6.61 Å². The van der Waals surface area contributed by atoms with Gasteiger partial charge in [-0.1, -0.05) is 34.1 Å². The molecule has 2 rings (SSSR count). The average molecular weight is 378 g/mol. The van der Waals surface area contributed by atoms with Gasteiger partial charge in [0.15, 0.2) is 11.5 Å². The van der Waals surface area contributed by atoms with Crippen LogP contribution in [-0.2, 0) is 13.0 Å². The molecule has 0 saturated heterocycles. The molecule has 0 unspecified atom stereocenters. The van der Waals surface area contributed by atoms with Crippen LogP contribution in [0.4, 0.5) is 0 Å². The number of hydrogen-bond acceptors (Lipinski definition) is 3. The Balaban J connectivity index is 1.98. The lowest BCUT2D eigenvalue weighted by Crippen LogP contribution is -2.13. The molecule has 0 atom stereocenters. The Labute approximate surface area is 147 Å². The smallest absolute Gasteiger partial charge is 0.161 e. The minimum atomic E-state index is 0.524. The number of benzene rings is 2. The van der Waals surface area contributed by atoms with Crippen LogP contribution < -0.4 is 9.47 Å². The van der Waals surface area contributed by atoms with Gasteiger partial charge < -0.3 is 14.4 Å². The number of ether oxygens (including phenoxy) is 2. The molecule has 0 aliphatic rings. The van der Waals surface area contributed by atoms with Gasteiger partial charge in [0.25, 0.3) is 0 Å². The van der Waals surface area contributed by atoms with Crippen molar-refractivity contribution in [1.82, 2.24) is 4.90 Å². The molecule has 0 aliphatic carbocycles. The summed E-state index contributed by atoms with van der Waals surface area (Å²) >= 11 is 3.48. The molecule has 0 fully saturated rings. The second-order valence-electron chi connectivity index (χ2n) is 5.81. The molecule has 0 heterocycles. The van der Waals surface area contributed by atoms with Crippen LogP contribution in [0.15, 0.2) is 46.9 Å². The molecule has 3 nitrogen and oxygen atoms in total. The quantitative estimate of drug-likeness (QED) is 0.674. The molecule has 23 heavy (non-hydrogen) atoms. The number of methoxy groups -OCH3 is 1. The lowest BCUT2D eigenvalue weighted by molar-refractivity contribution is 0.284. The Bertz CT molecular complexity index is 629. The number of nitrogens with zero attached hydrogens (tertiary/aromatic N) is 1. The molecule has 4 heteroatoms. The van der Waals surface area contributed by atoms with Crippen molar-refractivity contribution in [3.8, 4) is 11.5 Å². The molecule has 0 aliphatic heterocycles. The summed E-state index contributed by atoms with van der Waals surface area (Å²) in [7, 11) is 5.88. The van der Waals surface area contributed by atoms with E-state index in [0.717, 1.165) is 40.9 Å². The predicted molar refractivity (Wildman–Crippen MR) is 98.3 cm³/mol. The maximum atomic E-state index is 5.91. The summed E-state index contributed by atoms with van der Waals surface area (Å²) in [6.07, 6.45) is 2.18. The maximum absolute atomic E-state index is 5.91. The van der Waals surface area contributed by atoms with Gasteiger partial charge in [-0.15, -0.1) is 0 Å². The van der Waals surface area contributed by atoms with E-state index in [0.29, 0.717) is 6.61 Å². The number of rotatable bonds is 8. The minimum Gasteiger partial charge on any atom is -0.493 e. The van der Waals surface area contributed by atoms with Crippen molar-refractivity contribution in [2.75, 3.05) is 27.7 Å². The van der Waals surface area contributed by atoms with E-state index in [2.05, 4.69) is 53.1 Å². The van der Waals surface area contributed by atoms with E-state index in [1.54, 1.807) is 7.11 Å². The van der Waals surface area contributed by atoms with Crippen molar-refractivity contribution in [3.63, 3.8) is 0 Å². The van der Waals surface area contributed by atoms with Gasteiger partial charge in [-0.2, -0.15) is 0 Å². The van der Waals surface area contributed by atoms with E-state index >= 15 is 0 Å². The zero-order valence-electron chi connectivity index (χ0n) is 14.0. The van der Waals surface area contributed by atoms with Crippen LogP contribution in [0, 0.1) is 0 Å². The van der Waals surface area contributed by atoms with Crippen molar-refractivity contribution in [3.05, 3.63) is 58.1 Å². The monoisotopic (exact) mass is 377 g/mol. The summed E-state index contributed by atoms with van der Waals surface area (Å²) in [5, 5.41) is 0. The fourth-order valence-electron chi connectivity index (χ4n) is 2.37. The summed E-state index contributed by atoms with van der Waals surface area (Å²) in [4.78, 5) is 2.20. The van der Waals surface area contributed by atoms with Gasteiger partial charge >= 0.3 is 0 Å². The molecule has 0 aromatic heterocycles. The fourth-order valence-corrected chi connectivity index (χ4v) is 2.82. The normalized spacial score (nSPS) is 10.8. The highest BCUT2D eigenvalue weighted by molar-refractivity contribution is 9.10. The van der Waals surface area contributed by atoms with E-state index in [1.807, 2.05) is 24.3 Å². The van der Waals surface area contributed by atoms with Crippen molar-refractivity contribution >= 4 is 15.9 Å². The van der Waals surface area contributed by atoms with Gasteiger partial charge in [-0.05, 0) is 68.9 Å². The van der Waals surface area contributed by atoms with Gasteiger partial charge in [0.2, 0.25) is 0 Å². The van der Waals surface area contributed by atoms with E-state index in [9.17, 15) is 0 Å². The van der Waals surface area contributed by atoms with Crippen LogP contribution in [-0.4, -0.2) is 32.6 Å². The number of halogens is 1.